The smallest absolute Gasteiger partial charge is 0.414 e. The van der Waals surface area contributed by atoms with E-state index in [4.69, 9.17) is 0 Å². The number of esters is 1. The number of carbonyl (C=O) groups is 1. The quantitative estimate of drug-likeness (QED) is 0.280. The standard InChI is InChI=1S/C15H17F11O3/c1-7(2)8(27)28-12(18,14(22,23)24)10(5,6)29-15(25,26)11(17,9(3,4)16)13(19,20)21/h1H2,2-6H3. The van der Waals surface area contributed by atoms with Crippen molar-refractivity contribution in [1.82, 2.24) is 0 Å². The highest BCUT2D eigenvalue weighted by molar-refractivity contribution is 5.87. The van der Waals surface area contributed by atoms with Crippen LogP contribution in [0.1, 0.15) is 34.6 Å². The summed E-state index contributed by atoms with van der Waals surface area (Å²) >= 11 is 0. The molecule has 0 rings (SSSR count). The van der Waals surface area contributed by atoms with E-state index in [9.17, 15) is 53.1 Å². The normalized spacial score (nSPS) is 18.6. The van der Waals surface area contributed by atoms with E-state index in [1.54, 1.807) is 0 Å². The molecular formula is C15H17F11O3. The predicted molar refractivity (Wildman–Crippen MR) is 76.0 cm³/mol. The first-order valence-electron chi connectivity index (χ1n) is 7.45. The van der Waals surface area contributed by atoms with Gasteiger partial charge in [0.15, 0.2) is 5.67 Å². The molecule has 172 valence electrons. The number of ether oxygens (including phenoxy) is 2. The molecular weight excluding hydrogens is 437 g/mol. The molecule has 0 fully saturated rings. The van der Waals surface area contributed by atoms with Gasteiger partial charge in [0.2, 0.25) is 0 Å². The van der Waals surface area contributed by atoms with Gasteiger partial charge in [-0.1, -0.05) is 6.58 Å². The van der Waals surface area contributed by atoms with Crippen LogP contribution in [0.25, 0.3) is 0 Å². The SMILES string of the molecule is C=C(C)C(=O)OC(F)(C(F)(F)F)C(C)(C)OC(F)(F)C(F)(C(C)(C)F)C(F)(F)F. The van der Waals surface area contributed by atoms with Gasteiger partial charge in [0.25, 0.3) is 0 Å². The van der Waals surface area contributed by atoms with Gasteiger partial charge in [-0.25, -0.2) is 13.6 Å². The summed E-state index contributed by atoms with van der Waals surface area (Å²) in [6.45, 7) is 2.62. The van der Waals surface area contributed by atoms with Crippen molar-refractivity contribution in [3.8, 4) is 0 Å². The van der Waals surface area contributed by atoms with Gasteiger partial charge in [0.1, 0.15) is 5.60 Å². The van der Waals surface area contributed by atoms with Crippen molar-refractivity contribution in [1.29, 1.82) is 0 Å². The summed E-state index contributed by atoms with van der Waals surface area (Å²) in [5.74, 6) is -7.62. The third kappa shape index (κ3) is 4.61. The number of hydrogen-bond acceptors (Lipinski definition) is 3. The molecule has 2 unspecified atom stereocenters. The van der Waals surface area contributed by atoms with Gasteiger partial charge in [0, 0.05) is 5.57 Å². The molecule has 0 spiro atoms. The zero-order valence-electron chi connectivity index (χ0n) is 15.6. The van der Waals surface area contributed by atoms with Crippen LogP contribution in [-0.4, -0.2) is 47.2 Å². The van der Waals surface area contributed by atoms with Crippen LogP contribution >= 0.6 is 0 Å². The Labute approximate surface area is 157 Å². The van der Waals surface area contributed by atoms with Crippen LogP contribution in [0.4, 0.5) is 48.3 Å². The average Bonchev–Trinajstić information content (AvgIpc) is 2.40. The Morgan fingerprint density at radius 2 is 1.14 bits per heavy atom. The average molecular weight is 454 g/mol. The Bertz CT molecular complexity index is 629. The second-order valence-electron chi connectivity index (χ2n) is 7.02. The minimum atomic E-state index is -6.71. The van der Waals surface area contributed by atoms with Crippen molar-refractivity contribution in [2.45, 2.75) is 75.9 Å². The van der Waals surface area contributed by atoms with E-state index in [1.807, 2.05) is 0 Å². The Hall–Kier alpha value is -1.60. The van der Waals surface area contributed by atoms with Gasteiger partial charge >= 0.3 is 36.0 Å². The molecule has 0 heterocycles. The molecule has 0 aromatic heterocycles. The fraction of sp³-hybridized carbons (Fsp3) is 0.800. The monoisotopic (exact) mass is 454 g/mol. The van der Waals surface area contributed by atoms with Crippen LogP contribution in [0.15, 0.2) is 12.2 Å². The lowest BCUT2D eigenvalue weighted by molar-refractivity contribution is -0.461. The minimum Gasteiger partial charge on any atom is -0.414 e. The van der Waals surface area contributed by atoms with Crippen molar-refractivity contribution in [3.63, 3.8) is 0 Å². The summed E-state index contributed by atoms with van der Waals surface area (Å²) in [4.78, 5) is 11.3. The molecule has 0 N–H and O–H groups in total. The second kappa shape index (κ2) is 7.27. The number of rotatable bonds is 7. The maximum atomic E-state index is 14.6. The van der Waals surface area contributed by atoms with E-state index < -0.39 is 52.8 Å². The van der Waals surface area contributed by atoms with E-state index in [0.717, 1.165) is 6.92 Å². The number of carbonyl (C=O) groups excluding carboxylic acids is 1. The van der Waals surface area contributed by atoms with Crippen LogP contribution < -0.4 is 0 Å². The van der Waals surface area contributed by atoms with Gasteiger partial charge in [-0.3, -0.25) is 0 Å². The van der Waals surface area contributed by atoms with Crippen molar-refractivity contribution < 1.29 is 62.6 Å². The Kier molecular flexibility index (Phi) is 6.87. The molecule has 14 heteroatoms. The summed E-state index contributed by atoms with van der Waals surface area (Å²) in [5, 5.41) is 0. The fourth-order valence-corrected chi connectivity index (χ4v) is 2.04. The largest absolute Gasteiger partial charge is 0.463 e. The van der Waals surface area contributed by atoms with E-state index in [-0.39, 0.29) is 27.7 Å². The lowest BCUT2D eigenvalue weighted by Gasteiger charge is -2.46. The highest BCUT2D eigenvalue weighted by Gasteiger charge is 2.82. The Balaban J connectivity index is 6.55. The molecule has 0 aliphatic rings. The van der Waals surface area contributed by atoms with Gasteiger partial charge in [0.05, 0.1) is 0 Å². The number of alkyl halides is 11. The molecule has 0 aliphatic heterocycles. The van der Waals surface area contributed by atoms with E-state index >= 15 is 0 Å². The maximum absolute atomic E-state index is 14.6. The summed E-state index contributed by atoms with van der Waals surface area (Å²) in [7, 11) is 0. The lowest BCUT2D eigenvalue weighted by atomic mass is 9.86. The Morgan fingerprint density at radius 1 is 0.759 bits per heavy atom. The third-order valence-corrected chi connectivity index (χ3v) is 3.71. The van der Waals surface area contributed by atoms with E-state index in [2.05, 4.69) is 16.1 Å². The van der Waals surface area contributed by atoms with Crippen LogP contribution in [0.5, 0.6) is 0 Å². The van der Waals surface area contributed by atoms with Crippen LogP contribution in [0.3, 0.4) is 0 Å². The topological polar surface area (TPSA) is 35.5 Å². The van der Waals surface area contributed by atoms with Crippen LogP contribution in [0.2, 0.25) is 0 Å². The first-order chi connectivity index (χ1) is 12.3. The highest BCUT2D eigenvalue weighted by Crippen LogP contribution is 2.56. The third-order valence-electron chi connectivity index (χ3n) is 3.71. The summed E-state index contributed by atoms with van der Waals surface area (Å²) < 4.78 is 156. The second-order valence-corrected chi connectivity index (χ2v) is 7.02. The van der Waals surface area contributed by atoms with Crippen molar-refractivity contribution >= 4 is 5.97 Å². The summed E-state index contributed by atoms with van der Waals surface area (Å²) in [6.07, 6.45) is -19.5. The molecule has 0 saturated heterocycles. The highest BCUT2D eigenvalue weighted by atomic mass is 19.4. The first-order valence-corrected chi connectivity index (χ1v) is 7.45. The predicted octanol–water partition coefficient (Wildman–Crippen LogP) is 5.74. The van der Waals surface area contributed by atoms with Gasteiger partial charge in [-0.2, -0.15) is 39.5 Å². The van der Waals surface area contributed by atoms with Gasteiger partial charge in [-0.05, 0) is 34.6 Å². The molecule has 0 aromatic rings. The molecule has 0 bridgehead atoms. The lowest BCUT2D eigenvalue weighted by Crippen LogP contribution is -2.70. The molecule has 0 amide bonds. The molecule has 0 aromatic carbocycles. The van der Waals surface area contributed by atoms with Crippen molar-refractivity contribution in [3.05, 3.63) is 12.2 Å². The molecule has 3 nitrogen and oxygen atoms in total. The van der Waals surface area contributed by atoms with Crippen molar-refractivity contribution in [2.24, 2.45) is 0 Å². The Morgan fingerprint density at radius 3 is 1.38 bits per heavy atom. The molecule has 0 saturated carbocycles. The zero-order chi connectivity index (χ0) is 24.1. The number of halogens is 11. The fourth-order valence-electron chi connectivity index (χ4n) is 2.04. The van der Waals surface area contributed by atoms with Gasteiger partial charge in [-0.15, -0.1) is 0 Å². The molecule has 29 heavy (non-hydrogen) atoms. The van der Waals surface area contributed by atoms with E-state index in [0.29, 0.717) is 0 Å². The van der Waals surface area contributed by atoms with Crippen molar-refractivity contribution in [2.75, 3.05) is 0 Å². The summed E-state index contributed by atoms with van der Waals surface area (Å²) in [6, 6.07) is 0. The summed E-state index contributed by atoms with van der Waals surface area (Å²) in [5.41, 5.74) is -15.7. The number of hydrogen-bond donors (Lipinski definition) is 0. The molecule has 0 radical (unpaired) electrons. The molecule has 2 atom stereocenters. The molecule has 0 aliphatic carbocycles. The minimum absolute atomic E-state index is 0.192. The maximum Gasteiger partial charge on any atom is 0.463 e. The van der Waals surface area contributed by atoms with Crippen LogP contribution in [-0.2, 0) is 14.3 Å². The van der Waals surface area contributed by atoms with E-state index in [1.165, 1.54) is 0 Å². The van der Waals surface area contributed by atoms with Gasteiger partial charge < -0.3 is 9.47 Å². The zero-order valence-corrected chi connectivity index (χ0v) is 15.6. The van der Waals surface area contributed by atoms with Crippen LogP contribution in [0, 0.1) is 0 Å². The first kappa shape index (κ1) is 27.4.